The van der Waals surface area contributed by atoms with Gasteiger partial charge >= 0.3 is 0 Å². The molecule has 2 atom stereocenters. The fourth-order valence-electron chi connectivity index (χ4n) is 3.41. The summed E-state index contributed by atoms with van der Waals surface area (Å²) in [5, 5.41) is 0. The summed E-state index contributed by atoms with van der Waals surface area (Å²) in [6.45, 7) is 0. The van der Waals surface area contributed by atoms with E-state index in [0.29, 0.717) is 12.1 Å². The molecule has 0 spiro atoms. The molecule has 1 aromatic rings. The summed E-state index contributed by atoms with van der Waals surface area (Å²) < 4.78 is 40.2. The molecule has 2 saturated heterocycles. The van der Waals surface area contributed by atoms with Gasteiger partial charge in [-0.25, -0.2) is 17.5 Å². The number of halogens is 1. The van der Waals surface area contributed by atoms with Gasteiger partial charge in [-0.1, -0.05) is 0 Å². The number of benzene rings is 1. The van der Waals surface area contributed by atoms with E-state index in [-0.39, 0.29) is 10.9 Å². The number of piperidine rings is 1. The third-order valence-electron chi connectivity index (χ3n) is 4.54. The summed E-state index contributed by atoms with van der Waals surface area (Å²) in [7, 11) is -1.43. The lowest BCUT2D eigenvalue weighted by molar-refractivity contribution is 0.157. The van der Waals surface area contributed by atoms with Crippen LogP contribution in [0.3, 0.4) is 0 Å². The number of nitrogens with one attached hydrogen (secondary N) is 1. The molecule has 2 bridgehead atoms. The Hall–Kier alpha value is -0.980. The van der Waals surface area contributed by atoms with Crippen molar-refractivity contribution in [3.63, 3.8) is 0 Å². The Labute approximate surface area is 119 Å². The van der Waals surface area contributed by atoms with E-state index in [1.165, 1.54) is 24.3 Å². The van der Waals surface area contributed by atoms with Crippen LogP contribution in [0.2, 0.25) is 0 Å². The second-order valence-corrected chi connectivity index (χ2v) is 7.51. The van der Waals surface area contributed by atoms with Crippen LogP contribution in [-0.4, -0.2) is 38.5 Å². The summed E-state index contributed by atoms with van der Waals surface area (Å²) in [4.78, 5) is 2.49. The van der Waals surface area contributed by atoms with Crippen molar-refractivity contribution in [1.82, 2.24) is 9.62 Å². The zero-order chi connectivity index (χ0) is 14.3. The lowest BCUT2D eigenvalue weighted by Crippen LogP contribution is -2.48. The van der Waals surface area contributed by atoms with E-state index in [1.54, 1.807) is 0 Å². The van der Waals surface area contributed by atoms with Gasteiger partial charge in [0.2, 0.25) is 10.0 Å². The Morgan fingerprint density at radius 1 is 1.15 bits per heavy atom. The zero-order valence-corrected chi connectivity index (χ0v) is 12.2. The minimum absolute atomic E-state index is 0.0150. The Morgan fingerprint density at radius 3 is 2.25 bits per heavy atom. The molecular formula is C14H19FN2O2S. The lowest BCUT2D eigenvalue weighted by atomic mass is 9.99. The van der Waals surface area contributed by atoms with E-state index in [2.05, 4.69) is 16.7 Å². The van der Waals surface area contributed by atoms with E-state index in [0.717, 1.165) is 25.7 Å². The van der Waals surface area contributed by atoms with E-state index >= 15 is 0 Å². The maximum Gasteiger partial charge on any atom is 0.240 e. The first-order valence-electron chi connectivity index (χ1n) is 6.95. The molecule has 1 N–H and O–H groups in total. The van der Waals surface area contributed by atoms with Gasteiger partial charge in [-0.15, -0.1) is 0 Å². The second-order valence-electron chi connectivity index (χ2n) is 5.79. The van der Waals surface area contributed by atoms with Crippen molar-refractivity contribution in [2.45, 2.75) is 48.7 Å². The minimum Gasteiger partial charge on any atom is -0.300 e. The minimum atomic E-state index is -3.55. The van der Waals surface area contributed by atoms with Crippen LogP contribution < -0.4 is 4.72 Å². The van der Waals surface area contributed by atoms with E-state index in [1.807, 2.05) is 0 Å². The monoisotopic (exact) mass is 298 g/mol. The van der Waals surface area contributed by atoms with Gasteiger partial charge in [-0.2, -0.15) is 0 Å². The van der Waals surface area contributed by atoms with Crippen LogP contribution in [0.4, 0.5) is 4.39 Å². The molecule has 110 valence electrons. The quantitative estimate of drug-likeness (QED) is 0.924. The van der Waals surface area contributed by atoms with Crippen LogP contribution in [0.15, 0.2) is 29.2 Å². The summed E-state index contributed by atoms with van der Waals surface area (Å²) >= 11 is 0. The number of rotatable bonds is 3. The fourth-order valence-corrected chi connectivity index (χ4v) is 4.67. The normalized spacial score (nSPS) is 30.6. The number of sulfonamides is 1. The Balaban J connectivity index is 1.73. The van der Waals surface area contributed by atoms with Crippen molar-refractivity contribution >= 4 is 10.0 Å². The Bertz CT molecular complexity index is 574. The van der Waals surface area contributed by atoms with E-state index in [9.17, 15) is 12.8 Å². The third kappa shape index (κ3) is 2.60. The molecular weight excluding hydrogens is 279 g/mol. The van der Waals surface area contributed by atoms with Gasteiger partial charge < -0.3 is 4.90 Å². The van der Waals surface area contributed by atoms with Crippen LogP contribution in [0.25, 0.3) is 0 Å². The molecule has 2 aliphatic heterocycles. The van der Waals surface area contributed by atoms with Gasteiger partial charge in [-0.3, -0.25) is 0 Å². The molecule has 4 nitrogen and oxygen atoms in total. The Kier molecular flexibility index (Phi) is 3.56. The van der Waals surface area contributed by atoms with Gasteiger partial charge in [-0.05, 0) is 57.0 Å². The van der Waals surface area contributed by atoms with Crippen molar-refractivity contribution in [2.75, 3.05) is 7.05 Å². The van der Waals surface area contributed by atoms with Crippen LogP contribution >= 0.6 is 0 Å². The van der Waals surface area contributed by atoms with Gasteiger partial charge in [0.15, 0.2) is 0 Å². The molecule has 6 heteroatoms. The van der Waals surface area contributed by atoms with E-state index in [4.69, 9.17) is 0 Å². The van der Waals surface area contributed by atoms with Gasteiger partial charge in [0.25, 0.3) is 0 Å². The highest BCUT2D eigenvalue weighted by Gasteiger charge is 2.39. The SMILES string of the molecule is CN1[C@H]2CC[C@H]1CC(NS(=O)(=O)c1ccc(F)cc1)C2. The van der Waals surface area contributed by atoms with Crippen molar-refractivity contribution in [1.29, 1.82) is 0 Å². The average Bonchev–Trinajstić information content (AvgIpc) is 2.62. The van der Waals surface area contributed by atoms with Crippen molar-refractivity contribution < 1.29 is 12.8 Å². The number of hydrogen-bond donors (Lipinski definition) is 1. The molecule has 0 aliphatic carbocycles. The zero-order valence-electron chi connectivity index (χ0n) is 11.4. The van der Waals surface area contributed by atoms with Gasteiger partial charge in [0.1, 0.15) is 5.82 Å². The highest BCUT2D eigenvalue weighted by molar-refractivity contribution is 7.89. The molecule has 0 radical (unpaired) electrons. The van der Waals surface area contributed by atoms with Crippen molar-refractivity contribution in [2.24, 2.45) is 0 Å². The summed E-state index contributed by atoms with van der Waals surface area (Å²) in [5.41, 5.74) is 0. The Morgan fingerprint density at radius 2 is 1.70 bits per heavy atom. The van der Waals surface area contributed by atoms with Crippen LogP contribution in [-0.2, 0) is 10.0 Å². The van der Waals surface area contributed by atoms with Crippen LogP contribution in [0.1, 0.15) is 25.7 Å². The molecule has 2 aliphatic rings. The topological polar surface area (TPSA) is 49.4 Å². The maximum absolute atomic E-state index is 12.9. The van der Waals surface area contributed by atoms with Crippen molar-refractivity contribution in [3.8, 4) is 0 Å². The van der Waals surface area contributed by atoms with Crippen LogP contribution in [0.5, 0.6) is 0 Å². The molecule has 1 aromatic carbocycles. The first-order valence-corrected chi connectivity index (χ1v) is 8.44. The first-order chi connectivity index (χ1) is 9.45. The molecule has 0 aromatic heterocycles. The smallest absolute Gasteiger partial charge is 0.240 e. The predicted octanol–water partition coefficient (Wildman–Crippen LogP) is 1.73. The first kappa shape index (κ1) is 14.0. The molecule has 2 fully saturated rings. The number of nitrogens with zero attached hydrogens (tertiary/aromatic N) is 1. The molecule has 0 saturated carbocycles. The summed E-state index contributed by atoms with van der Waals surface area (Å²) in [5.74, 6) is -0.429. The maximum atomic E-state index is 12.9. The third-order valence-corrected chi connectivity index (χ3v) is 6.08. The molecule has 0 unspecified atom stereocenters. The summed E-state index contributed by atoms with van der Waals surface area (Å²) in [6, 6.07) is 5.91. The molecule has 0 amide bonds. The van der Waals surface area contributed by atoms with Gasteiger partial charge in [0.05, 0.1) is 4.90 Å². The van der Waals surface area contributed by atoms with Gasteiger partial charge in [0, 0.05) is 18.1 Å². The molecule has 3 rings (SSSR count). The largest absolute Gasteiger partial charge is 0.300 e. The lowest BCUT2D eigenvalue weighted by Gasteiger charge is -2.36. The number of hydrogen-bond acceptors (Lipinski definition) is 3. The molecule has 20 heavy (non-hydrogen) atoms. The van der Waals surface area contributed by atoms with Crippen molar-refractivity contribution in [3.05, 3.63) is 30.1 Å². The second kappa shape index (κ2) is 5.09. The fraction of sp³-hybridized carbons (Fsp3) is 0.571. The predicted molar refractivity (Wildman–Crippen MR) is 74.3 cm³/mol. The standard InChI is InChI=1S/C14H19FN2O2S/c1-17-12-4-5-13(17)9-11(8-12)16-20(18,19)14-6-2-10(15)3-7-14/h2-3,6-7,11-13,16H,4-5,8-9H2,1H3/t12-,13-/m0/s1. The van der Waals surface area contributed by atoms with E-state index < -0.39 is 15.8 Å². The highest BCUT2D eigenvalue weighted by atomic mass is 32.2. The summed E-state index contributed by atoms with van der Waals surface area (Å²) in [6.07, 6.45) is 4.01. The number of fused-ring (bicyclic) bond motifs is 2. The highest BCUT2D eigenvalue weighted by Crippen LogP contribution is 2.34. The molecule has 2 heterocycles. The van der Waals surface area contributed by atoms with Crippen LogP contribution in [0, 0.1) is 5.82 Å². The average molecular weight is 298 g/mol.